The average molecular weight is 270 g/mol. The van der Waals surface area contributed by atoms with Crippen LogP contribution in [0, 0.1) is 12.7 Å². The predicted molar refractivity (Wildman–Crippen MR) is 69.5 cm³/mol. The Kier molecular flexibility index (Phi) is 4.39. The predicted octanol–water partition coefficient (Wildman–Crippen LogP) is 2.90. The lowest BCUT2D eigenvalue weighted by Gasteiger charge is -2.28. The minimum Gasteiger partial charge on any atom is -0.492 e. The van der Waals surface area contributed by atoms with Crippen molar-refractivity contribution >= 4 is 5.97 Å². The Bertz CT molecular complexity index is 495. The summed E-state index contributed by atoms with van der Waals surface area (Å²) in [7, 11) is 2.77. The Morgan fingerprint density at radius 2 is 1.84 bits per heavy atom. The Labute approximate surface area is 112 Å². The molecule has 0 aliphatic carbocycles. The number of aliphatic carboxylic acids is 1. The summed E-state index contributed by atoms with van der Waals surface area (Å²) in [5.74, 6) is -1.19. The molecule has 0 spiro atoms. The van der Waals surface area contributed by atoms with Gasteiger partial charge in [0, 0.05) is 11.0 Å². The van der Waals surface area contributed by atoms with E-state index in [1.54, 1.807) is 20.8 Å². The molecule has 0 aromatic heterocycles. The minimum absolute atomic E-state index is 0.00145. The second kappa shape index (κ2) is 5.47. The maximum atomic E-state index is 13.8. The van der Waals surface area contributed by atoms with E-state index in [1.165, 1.54) is 20.3 Å². The van der Waals surface area contributed by atoms with E-state index in [0.717, 1.165) is 0 Å². The normalized spacial score (nSPS) is 11.3. The van der Waals surface area contributed by atoms with Gasteiger partial charge in [-0.25, -0.2) is 4.39 Å². The summed E-state index contributed by atoms with van der Waals surface area (Å²) in [4.78, 5) is 11.0. The molecule has 106 valence electrons. The van der Waals surface area contributed by atoms with Crippen LogP contribution in [-0.2, 0) is 10.2 Å². The van der Waals surface area contributed by atoms with E-state index in [2.05, 4.69) is 0 Å². The van der Waals surface area contributed by atoms with Crippen molar-refractivity contribution in [2.75, 3.05) is 14.2 Å². The summed E-state index contributed by atoms with van der Waals surface area (Å²) < 4.78 is 24.1. The second-order valence-corrected chi connectivity index (χ2v) is 5.07. The van der Waals surface area contributed by atoms with Crippen LogP contribution >= 0.6 is 0 Å². The van der Waals surface area contributed by atoms with Crippen molar-refractivity contribution in [2.24, 2.45) is 0 Å². The zero-order chi connectivity index (χ0) is 14.8. The van der Waals surface area contributed by atoms with Crippen molar-refractivity contribution in [3.05, 3.63) is 23.0 Å². The molecular formula is C14H19FO4. The van der Waals surface area contributed by atoms with Crippen molar-refractivity contribution in [1.29, 1.82) is 0 Å². The molecule has 4 nitrogen and oxygen atoms in total. The lowest BCUT2D eigenvalue weighted by molar-refractivity contribution is -0.138. The molecule has 0 bridgehead atoms. The van der Waals surface area contributed by atoms with Crippen LogP contribution in [0.3, 0.4) is 0 Å². The van der Waals surface area contributed by atoms with E-state index in [0.29, 0.717) is 11.1 Å². The molecule has 1 aromatic rings. The van der Waals surface area contributed by atoms with Crippen LogP contribution in [0.25, 0.3) is 0 Å². The monoisotopic (exact) mass is 270 g/mol. The van der Waals surface area contributed by atoms with Crippen LogP contribution < -0.4 is 9.47 Å². The van der Waals surface area contributed by atoms with Crippen molar-refractivity contribution in [1.82, 2.24) is 0 Å². The smallest absolute Gasteiger partial charge is 0.304 e. The quantitative estimate of drug-likeness (QED) is 0.893. The fourth-order valence-electron chi connectivity index (χ4n) is 2.42. The third kappa shape index (κ3) is 2.97. The van der Waals surface area contributed by atoms with Crippen molar-refractivity contribution in [3.8, 4) is 11.5 Å². The van der Waals surface area contributed by atoms with Crippen LogP contribution in [-0.4, -0.2) is 25.3 Å². The Hall–Kier alpha value is -1.78. The summed E-state index contributed by atoms with van der Waals surface area (Å²) in [5.41, 5.74) is 0.597. The molecule has 0 saturated heterocycles. The highest BCUT2D eigenvalue weighted by Crippen LogP contribution is 2.43. The topological polar surface area (TPSA) is 55.8 Å². The number of aryl methyl sites for hydroxylation is 1. The van der Waals surface area contributed by atoms with Gasteiger partial charge in [0.1, 0.15) is 0 Å². The van der Waals surface area contributed by atoms with Crippen molar-refractivity contribution in [2.45, 2.75) is 32.6 Å². The van der Waals surface area contributed by atoms with E-state index in [4.69, 9.17) is 14.6 Å². The molecule has 0 amide bonds. The van der Waals surface area contributed by atoms with Gasteiger partial charge < -0.3 is 14.6 Å². The maximum Gasteiger partial charge on any atom is 0.304 e. The third-order valence-corrected chi connectivity index (χ3v) is 3.07. The number of benzene rings is 1. The largest absolute Gasteiger partial charge is 0.492 e. The van der Waals surface area contributed by atoms with Crippen LogP contribution in [0.5, 0.6) is 11.5 Å². The number of hydrogen-bond donors (Lipinski definition) is 1. The molecule has 0 radical (unpaired) electrons. The Morgan fingerprint density at radius 3 is 2.26 bits per heavy atom. The number of ether oxygens (including phenoxy) is 2. The highest BCUT2D eigenvalue weighted by atomic mass is 19.1. The van der Waals surface area contributed by atoms with Gasteiger partial charge in [0.2, 0.25) is 0 Å². The van der Waals surface area contributed by atoms with E-state index in [9.17, 15) is 9.18 Å². The summed E-state index contributed by atoms with van der Waals surface area (Å²) >= 11 is 0. The molecule has 0 atom stereocenters. The molecule has 1 rings (SSSR count). The standard InChI is InChI=1S/C14H19FO4/c1-8-6-9(15)12(18-4)13(19-5)11(8)14(2,3)7-10(16)17/h6H,7H2,1-5H3,(H,16,17). The van der Waals surface area contributed by atoms with E-state index < -0.39 is 17.2 Å². The first-order valence-corrected chi connectivity index (χ1v) is 5.88. The third-order valence-electron chi connectivity index (χ3n) is 3.07. The Morgan fingerprint density at radius 1 is 1.32 bits per heavy atom. The number of carboxylic acid groups (broad SMARTS) is 1. The molecule has 0 saturated carbocycles. The highest BCUT2D eigenvalue weighted by Gasteiger charge is 2.32. The minimum atomic E-state index is -0.922. The lowest BCUT2D eigenvalue weighted by Crippen LogP contribution is -2.24. The molecular weight excluding hydrogens is 251 g/mol. The number of halogens is 1. The van der Waals surface area contributed by atoms with E-state index in [-0.39, 0.29) is 17.9 Å². The molecule has 5 heteroatoms. The number of methoxy groups -OCH3 is 2. The van der Waals surface area contributed by atoms with Gasteiger partial charge in [-0.1, -0.05) is 13.8 Å². The average Bonchev–Trinajstić information content (AvgIpc) is 2.25. The van der Waals surface area contributed by atoms with Gasteiger partial charge in [-0.05, 0) is 18.6 Å². The molecule has 1 aromatic carbocycles. The van der Waals surface area contributed by atoms with Crippen LogP contribution in [0.2, 0.25) is 0 Å². The maximum absolute atomic E-state index is 13.8. The fraction of sp³-hybridized carbons (Fsp3) is 0.500. The Balaban J connectivity index is 3.53. The van der Waals surface area contributed by atoms with Crippen LogP contribution in [0.4, 0.5) is 4.39 Å². The molecule has 0 unspecified atom stereocenters. The highest BCUT2D eigenvalue weighted by molar-refractivity contribution is 5.70. The molecule has 0 aliphatic heterocycles. The van der Waals surface area contributed by atoms with E-state index >= 15 is 0 Å². The number of hydrogen-bond acceptors (Lipinski definition) is 3. The number of carbonyl (C=O) groups is 1. The lowest BCUT2D eigenvalue weighted by atomic mass is 9.78. The van der Waals surface area contributed by atoms with E-state index in [1.807, 2.05) is 0 Å². The zero-order valence-corrected chi connectivity index (χ0v) is 11.8. The first-order chi connectivity index (χ1) is 8.74. The van der Waals surface area contributed by atoms with Gasteiger partial charge in [0.15, 0.2) is 17.3 Å². The second-order valence-electron chi connectivity index (χ2n) is 5.07. The van der Waals surface area contributed by atoms with Gasteiger partial charge in [0.25, 0.3) is 0 Å². The number of rotatable bonds is 5. The molecule has 0 aliphatic rings. The summed E-state index contributed by atoms with van der Waals surface area (Å²) in [6.07, 6.45) is -0.0843. The number of carboxylic acids is 1. The summed E-state index contributed by atoms with van der Waals surface area (Å²) in [5, 5.41) is 9.00. The first-order valence-electron chi connectivity index (χ1n) is 5.88. The first kappa shape index (κ1) is 15.3. The van der Waals surface area contributed by atoms with Gasteiger partial charge in [-0.15, -0.1) is 0 Å². The summed E-state index contributed by atoms with van der Waals surface area (Å²) in [6, 6.07) is 1.33. The summed E-state index contributed by atoms with van der Waals surface area (Å²) in [6.45, 7) is 5.29. The van der Waals surface area contributed by atoms with Crippen molar-refractivity contribution in [3.63, 3.8) is 0 Å². The molecule has 19 heavy (non-hydrogen) atoms. The zero-order valence-electron chi connectivity index (χ0n) is 11.8. The van der Waals surface area contributed by atoms with Gasteiger partial charge in [-0.3, -0.25) is 4.79 Å². The van der Waals surface area contributed by atoms with Crippen LogP contribution in [0.15, 0.2) is 6.07 Å². The van der Waals surface area contributed by atoms with Gasteiger partial charge in [-0.2, -0.15) is 0 Å². The van der Waals surface area contributed by atoms with Gasteiger partial charge in [0.05, 0.1) is 20.6 Å². The van der Waals surface area contributed by atoms with Gasteiger partial charge >= 0.3 is 5.97 Å². The van der Waals surface area contributed by atoms with Crippen molar-refractivity contribution < 1.29 is 23.8 Å². The molecule has 0 fully saturated rings. The molecule has 0 heterocycles. The van der Waals surface area contributed by atoms with Crippen LogP contribution in [0.1, 0.15) is 31.4 Å². The SMILES string of the molecule is COc1c(F)cc(C)c(C(C)(C)CC(=O)O)c1OC. The fourth-order valence-corrected chi connectivity index (χ4v) is 2.42. The molecule has 1 N–H and O–H groups in total.